The number of aryl methyl sites for hydroxylation is 3. The zero-order valence-corrected chi connectivity index (χ0v) is 17.8. The summed E-state index contributed by atoms with van der Waals surface area (Å²) in [5, 5.41) is 2.79. The number of nitrogens with one attached hydrogen (secondary N) is 1. The number of sulfonamides is 1. The minimum atomic E-state index is -3.60. The lowest BCUT2D eigenvalue weighted by Gasteiger charge is -2.25. The van der Waals surface area contributed by atoms with Crippen LogP contribution in [0.25, 0.3) is 0 Å². The first-order valence-electron chi connectivity index (χ1n) is 9.10. The van der Waals surface area contributed by atoms with Crippen molar-refractivity contribution < 1.29 is 17.9 Å². The van der Waals surface area contributed by atoms with Crippen molar-refractivity contribution in [1.82, 2.24) is 5.32 Å². The number of benzene rings is 2. The van der Waals surface area contributed by atoms with Crippen molar-refractivity contribution in [3.05, 3.63) is 59.2 Å². The SMILES string of the molecule is Cc1ccc(OC[C@@H](C)NC(=O)CN(c2ccc(C)cc2C)S(C)(=O)=O)cc1. The summed E-state index contributed by atoms with van der Waals surface area (Å²) in [6, 6.07) is 12.8. The fourth-order valence-corrected chi connectivity index (χ4v) is 3.73. The number of rotatable bonds is 8. The maximum Gasteiger partial charge on any atom is 0.241 e. The Kier molecular flexibility index (Phi) is 7.07. The van der Waals surface area contributed by atoms with Crippen LogP contribution >= 0.6 is 0 Å². The molecular weight excluding hydrogens is 376 g/mol. The molecule has 2 aromatic rings. The third-order valence-electron chi connectivity index (χ3n) is 4.24. The van der Waals surface area contributed by atoms with Crippen molar-refractivity contribution in [3.8, 4) is 5.75 Å². The molecule has 2 rings (SSSR count). The Morgan fingerprint density at radius 3 is 2.25 bits per heavy atom. The lowest BCUT2D eigenvalue weighted by Crippen LogP contribution is -2.45. The van der Waals surface area contributed by atoms with Crippen LogP contribution in [0.3, 0.4) is 0 Å². The zero-order chi connectivity index (χ0) is 20.9. The van der Waals surface area contributed by atoms with Gasteiger partial charge in [-0.25, -0.2) is 8.42 Å². The molecule has 7 heteroatoms. The normalized spacial score (nSPS) is 12.3. The van der Waals surface area contributed by atoms with E-state index in [2.05, 4.69) is 5.32 Å². The molecule has 0 unspecified atom stereocenters. The highest BCUT2D eigenvalue weighted by Gasteiger charge is 2.23. The molecular formula is C21H28N2O4S. The van der Waals surface area contributed by atoms with E-state index in [1.807, 2.05) is 64.1 Å². The summed E-state index contributed by atoms with van der Waals surface area (Å²) >= 11 is 0. The largest absolute Gasteiger partial charge is 0.491 e. The fourth-order valence-electron chi connectivity index (χ4n) is 2.81. The Morgan fingerprint density at radius 2 is 1.68 bits per heavy atom. The summed E-state index contributed by atoms with van der Waals surface area (Å²) in [6.45, 7) is 7.58. The van der Waals surface area contributed by atoms with Crippen molar-refractivity contribution in [1.29, 1.82) is 0 Å². The van der Waals surface area contributed by atoms with Crippen LogP contribution in [0.15, 0.2) is 42.5 Å². The summed E-state index contributed by atoms with van der Waals surface area (Å²) in [6.07, 6.45) is 1.10. The van der Waals surface area contributed by atoms with Crippen molar-refractivity contribution in [2.75, 3.05) is 23.7 Å². The van der Waals surface area contributed by atoms with E-state index in [0.29, 0.717) is 5.69 Å². The van der Waals surface area contributed by atoms with E-state index in [-0.39, 0.29) is 25.1 Å². The predicted molar refractivity (Wildman–Crippen MR) is 112 cm³/mol. The molecule has 6 nitrogen and oxygen atoms in total. The van der Waals surface area contributed by atoms with Gasteiger partial charge in [0.1, 0.15) is 18.9 Å². The monoisotopic (exact) mass is 404 g/mol. The van der Waals surface area contributed by atoms with E-state index in [0.717, 1.165) is 33.0 Å². The summed E-state index contributed by atoms with van der Waals surface area (Å²) in [5.74, 6) is 0.338. The smallest absolute Gasteiger partial charge is 0.241 e. The van der Waals surface area contributed by atoms with E-state index in [1.165, 1.54) is 0 Å². The Labute approximate surface area is 167 Å². The standard InChI is InChI=1S/C21H28N2O4S/c1-15-6-9-19(10-7-15)27-14-18(4)22-21(24)13-23(28(5,25)26)20-11-8-16(2)12-17(20)3/h6-12,18H,13-14H2,1-5H3,(H,22,24)/t18-/m1/s1. The molecule has 0 fully saturated rings. The molecule has 0 aliphatic heterocycles. The van der Waals surface area contributed by atoms with Gasteiger partial charge < -0.3 is 10.1 Å². The Balaban J connectivity index is 2.00. The van der Waals surface area contributed by atoms with Crippen LogP contribution in [0.2, 0.25) is 0 Å². The molecule has 0 radical (unpaired) electrons. The molecule has 1 amide bonds. The minimum Gasteiger partial charge on any atom is -0.491 e. The van der Waals surface area contributed by atoms with Gasteiger partial charge in [-0.05, 0) is 51.5 Å². The molecule has 0 bridgehead atoms. The van der Waals surface area contributed by atoms with Crippen LogP contribution in [0, 0.1) is 20.8 Å². The Bertz CT molecular complexity index is 924. The number of nitrogens with zero attached hydrogens (tertiary/aromatic N) is 1. The van der Waals surface area contributed by atoms with E-state index < -0.39 is 10.0 Å². The van der Waals surface area contributed by atoms with Gasteiger partial charge in [0.15, 0.2) is 0 Å². The molecule has 0 aliphatic carbocycles. The molecule has 28 heavy (non-hydrogen) atoms. The van der Waals surface area contributed by atoms with Crippen LogP contribution in [0.5, 0.6) is 5.75 Å². The Morgan fingerprint density at radius 1 is 1.07 bits per heavy atom. The van der Waals surface area contributed by atoms with E-state index in [4.69, 9.17) is 4.74 Å². The van der Waals surface area contributed by atoms with Crippen LogP contribution < -0.4 is 14.4 Å². The van der Waals surface area contributed by atoms with Crippen LogP contribution in [0.1, 0.15) is 23.6 Å². The molecule has 2 aromatic carbocycles. The predicted octanol–water partition coefficient (Wildman–Crippen LogP) is 2.96. The lowest BCUT2D eigenvalue weighted by molar-refractivity contribution is -0.120. The molecule has 0 saturated heterocycles. The van der Waals surface area contributed by atoms with Gasteiger partial charge in [0.05, 0.1) is 18.0 Å². The van der Waals surface area contributed by atoms with Crippen molar-refractivity contribution in [3.63, 3.8) is 0 Å². The third kappa shape index (κ3) is 6.27. The van der Waals surface area contributed by atoms with Crippen LogP contribution in [-0.4, -0.2) is 39.8 Å². The van der Waals surface area contributed by atoms with Crippen molar-refractivity contribution >= 4 is 21.6 Å². The number of amides is 1. The fraction of sp³-hybridized carbons (Fsp3) is 0.381. The number of hydrogen-bond acceptors (Lipinski definition) is 4. The second-order valence-electron chi connectivity index (χ2n) is 7.15. The van der Waals surface area contributed by atoms with Gasteiger partial charge in [-0.15, -0.1) is 0 Å². The summed E-state index contributed by atoms with van der Waals surface area (Å²) in [7, 11) is -3.60. The molecule has 152 valence electrons. The highest BCUT2D eigenvalue weighted by molar-refractivity contribution is 7.92. The molecule has 0 aromatic heterocycles. The summed E-state index contributed by atoms with van der Waals surface area (Å²) in [5.41, 5.74) is 3.47. The highest BCUT2D eigenvalue weighted by Crippen LogP contribution is 2.23. The van der Waals surface area contributed by atoms with Crippen LogP contribution in [-0.2, 0) is 14.8 Å². The zero-order valence-electron chi connectivity index (χ0n) is 17.0. The van der Waals surface area contributed by atoms with Crippen molar-refractivity contribution in [2.45, 2.75) is 33.7 Å². The number of ether oxygens (including phenoxy) is 1. The molecule has 1 atom stereocenters. The van der Waals surface area contributed by atoms with Gasteiger partial charge >= 0.3 is 0 Å². The summed E-state index contributed by atoms with van der Waals surface area (Å²) in [4.78, 5) is 12.4. The number of hydrogen-bond donors (Lipinski definition) is 1. The minimum absolute atomic E-state index is 0.269. The number of carbonyl (C=O) groups is 1. The maximum atomic E-state index is 12.4. The second kappa shape index (κ2) is 9.10. The van der Waals surface area contributed by atoms with Gasteiger partial charge in [0.2, 0.25) is 15.9 Å². The number of anilines is 1. The summed E-state index contributed by atoms with van der Waals surface area (Å²) < 4.78 is 31.3. The van der Waals surface area contributed by atoms with Gasteiger partial charge in [-0.2, -0.15) is 0 Å². The van der Waals surface area contributed by atoms with Crippen molar-refractivity contribution in [2.24, 2.45) is 0 Å². The lowest BCUT2D eigenvalue weighted by atomic mass is 10.1. The van der Waals surface area contributed by atoms with E-state index in [9.17, 15) is 13.2 Å². The maximum absolute atomic E-state index is 12.4. The average molecular weight is 405 g/mol. The highest BCUT2D eigenvalue weighted by atomic mass is 32.2. The quantitative estimate of drug-likeness (QED) is 0.734. The van der Waals surface area contributed by atoms with Gasteiger partial charge in [-0.3, -0.25) is 9.10 Å². The molecule has 0 spiro atoms. The van der Waals surface area contributed by atoms with E-state index in [1.54, 1.807) is 6.07 Å². The molecule has 0 heterocycles. The first kappa shape index (κ1) is 21.8. The van der Waals surface area contributed by atoms with E-state index >= 15 is 0 Å². The second-order valence-corrected chi connectivity index (χ2v) is 9.06. The van der Waals surface area contributed by atoms with Gasteiger partial charge in [0, 0.05) is 0 Å². The average Bonchev–Trinajstić information content (AvgIpc) is 2.59. The first-order chi connectivity index (χ1) is 13.1. The third-order valence-corrected chi connectivity index (χ3v) is 5.36. The molecule has 1 N–H and O–H groups in total. The first-order valence-corrected chi connectivity index (χ1v) is 10.9. The Hall–Kier alpha value is -2.54. The molecule has 0 aliphatic rings. The van der Waals surface area contributed by atoms with Gasteiger partial charge in [-0.1, -0.05) is 35.4 Å². The van der Waals surface area contributed by atoms with Gasteiger partial charge in [0.25, 0.3) is 0 Å². The topological polar surface area (TPSA) is 75.7 Å². The molecule has 0 saturated carbocycles. The van der Waals surface area contributed by atoms with Crippen LogP contribution in [0.4, 0.5) is 5.69 Å². The number of carbonyl (C=O) groups excluding carboxylic acids is 1.